The van der Waals surface area contributed by atoms with Crippen molar-refractivity contribution in [2.24, 2.45) is 0 Å². The van der Waals surface area contributed by atoms with Gasteiger partial charge >= 0.3 is 0 Å². The minimum absolute atomic E-state index is 0.539. The molecule has 1 saturated carbocycles. The SMILES string of the molecule is CCc1cn(C2CCCC2)c(N2CC(C)NC(C)C2)n1. The molecule has 1 aliphatic carbocycles. The first kappa shape index (κ1) is 13.9. The summed E-state index contributed by atoms with van der Waals surface area (Å²) in [6.45, 7) is 8.88. The maximum absolute atomic E-state index is 4.93. The van der Waals surface area contributed by atoms with E-state index in [4.69, 9.17) is 4.98 Å². The summed E-state index contributed by atoms with van der Waals surface area (Å²) in [7, 11) is 0. The Labute approximate surface area is 122 Å². The summed E-state index contributed by atoms with van der Waals surface area (Å²) >= 11 is 0. The van der Waals surface area contributed by atoms with Gasteiger partial charge in [-0.25, -0.2) is 4.98 Å². The van der Waals surface area contributed by atoms with Crippen molar-refractivity contribution in [1.29, 1.82) is 0 Å². The van der Waals surface area contributed by atoms with Gasteiger partial charge in [-0.1, -0.05) is 19.8 Å². The number of rotatable bonds is 3. The lowest BCUT2D eigenvalue weighted by atomic mass is 10.1. The van der Waals surface area contributed by atoms with E-state index in [1.54, 1.807) is 0 Å². The average Bonchev–Trinajstić information content (AvgIpc) is 3.06. The van der Waals surface area contributed by atoms with E-state index in [-0.39, 0.29) is 0 Å². The second-order valence-electron chi connectivity index (χ2n) is 6.61. The van der Waals surface area contributed by atoms with E-state index in [9.17, 15) is 0 Å². The molecule has 3 rings (SSSR count). The van der Waals surface area contributed by atoms with Gasteiger partial charge in [-0.2, -0.15) is 0 Å². The Morgan fingerprint density at radius 1 is 1.20 bits per heavy atom. The minimum Gasteiger partial charge on any atom is -0.339 e. The average molecular weight is 276 g/mol. The standard InChI is InChI=1S/C16H28N4/c1-4-14-11-20(15-7-5-6-8-15)16(18-14)19-9-12(2)17-13(3)10-19/h11-13,15,17H,4-10H2,1-3H3. The second-order valence-corrected chi connectivity index (χ2v) is 6.61. The third kappa shape index (κ3) is 2.71. The van der Waals surface area contributed by atoms with Crippen molar-refractivity contribution < 1.29 is 0 Å². The summed E-state index contributed by atoms with van der Waals surface area (Å²) in [6.07, 6.45) is 8.73. The molecule has 112 valence electrons. The van der Waals surface area contributed by atoms with Gasteiger partial charge in [0, 0.05) is 37.4 Å². The van der Waals surface area contributed by atoms with E-state index in [1.165, 1.54) is 37.3 Å². The lowest BCUT2D eigenvalue weighted by molar-refractivity contribution is 0.395. The molecule has 4 heteroatoms. The highest BCUT2D eigenvalue weighted by Gasteiger charge is 2.27. The molecular formula is C16H28N4. The van der Waals surface area contributed by atoms with Crippen LogP contribution in [0.25, 0.3) is 0 Å². The molecule has 2 unspecified atom stereocenters. The minimum atomic E-state index is 0.539. The van der Waals surface area contributed by atoms with Gasteiger partial charge in [-0.3, -0.25) is 0 Å². The predicted octanol–water partition coefficient (Wildman–Crippen LogP) is 2.75. The smallest absolute Gasteiger partial charge is 0.206 e. The van der Waals surface area contributed by atoms with Crippen LogP contribution in [0.15, 0.2) is 6.20 Å². The van der Waals surface area contributed by atoms with Gasteiger partial charge in [-0.05, 0) is 33.1 Å². The van der Waals surface area contributed by atoms with Gasteiger partial charge in [0.1, 0.15) is 0 Å². The molecule has 1 aromatic rings. The Balaban J connectivity index is 1.88. The number of nitrogens with one attached hydrogen (secondary N) is 1. The molecule has 1 aromatic heterocycles. The van der Waals surface area contributed by atoms with Crippen molar-refractivity contribution in [1.82, 2.24) is 14.9 Å². The maximum Gasteiger partial charge on any atom is 0.206 e. The van der Waals surface area contributed by atoms with Gasteiger partial charge in [0.05, 0.1) is 5.69 Å². The summed E-state index contributed by atoms with van der Waals surface area (Å²) in [5.74, 6) is 1.22. The number of hydrogen-bond acceptors (Lipinski definition) is 3. The fraction of sp³-hybridized carbons (Fsp3) is 0.812. The Bertz CT molecular complexity index is 437. The molecule has 0 spiro atoms. The number of imidazole rings is 1. The van der Waals surface area contributed by atoms with Crippen molar-refractivity contribution in [3.63, 3.8) is 0 Å². The van der Waals surface area contributed by atoms with E-state index >= 15 is 0 Å². The van der Waals surface area contributed by atoms with E-state index < -0.39 is 0 Å². The lowest BCUT2D eigenvalue weighted by Crippen LogP contribution is -2.55. The van der Waals surface area contributed by atoms with Crippen LogP contribution in [0.3, 0.4) is 0 Å². The third-order valence-corrected chi connectivity index (χ3v) is 4.68. The summed E-state index contributed by atoms with van der Waals surface area (Å²) in [5.41, 5.74) is 1.24. The van der Waals surface area contributed by atoms with Crippen LogP contribution in [0.2, 0.25) is 0 Å². The van der Waals surface area contributed by atoms with Crippen LogP contribution in [0.4, 0.5) is 5.95 Å². The molecule has 1 N–H and O–H groups in total. The van der Waals surface area contributed by atoms with Crippen molar-refractivity contribution >= 4 is 5.95 Å². The zero-order valence-corrected chi connectivity index (χ0v) is 13.1. The van der Waals surface area contributed by atoms with E-state index in [1.807, 2.05) is 0 Å². The number of hydrogen-bond donors (Lipinski definition) is 1. The van der Waals surface area contributed by atoms with E-state index in [0.29, 0.717) is 18.1 Å². The molecule has 2 aliphatic rings. The molecule has 0 radical (unpaired) electrons. The first-order valence-corrected chi connectivity index (χ1v) is 8.26. The van der Waals surface area contributed by atoms with Crippen LogP contribution in [0, 0.1) is 0 Å². The van der Waals surface area contributed by atoms with Crippen LogP contribution in [0.1, 0.15) is 58.2 Å². The highest BCUT2D eigenvalue weighted by molar-refractivity contribution is 5.36. The van der Waals surface area contributed by atoms with Crippen molar-refractivity contribution in [2.45, 2.75) is 71.0 Å². The summed E-state index contributed by atoms with van der Waals surface area (Å²) in [6, 6.07) is 1.76. The molecular weight excluding hydrogens is 248 g/mol. The zero-order chi connectivity index (χ0) is 14.1. The Morgan fingerprint density at radius 2 is 1.85 bits per heavy atom. The molecule has 2 fully saturated rings. The quantitative estimate of drug-likeness (QED) is 0.921. The number of anilines is 1. The van der Waals surface area contributed by atoms with E-state index in [2.05, 4.69) is 41.8 Å². The molecule has 0 amide bonds. The maximum atomic E-state index is 4.93. The van der Waals surface area contributed by atoms with Crippen LogP contribution < -0.4 is 10.2 Å². The lowest BCUT2D eigenvalue weighted by Gasteiger charge is -2.37. The second kappa shape index (κ2) is 5.76. The number of aromatic nitrogens is 2. The van der Waals surface area contributed by atoms with Crippen LogP contribution >= 0.6 is 0 Å². The van der Waals surface area contributed by atoms with Crippen LogP contribution in [-0.4, -0.2) is 34.7 Å². The van der Waals surface area contributed by atoms with Gasteiger partial charge in [-0.15, -0.1) is 0 Å². The fourth-order valence-corrected chi connectivity index (χ4v) is 3.78. The normalized spacial score (nSPS) is 28.2. The molecule has 0 aromatic carbocycles. The number of nitrogens with zero attached hydrogens (tertiary/aromatic N) is 3. The third-order valence-electron chi connectivity index (χ3n) is 4.68. The van der Waals surface area contributed by atoms with Crippen LogP contribution in [-0.2, 0) is 6.42 Å². The summed E-state index contributed by atoms with van der Waals surface area (Å²) in [5, 5.41) is 3.61. The molecule has 0 bridgehead atoms. The van der Waals surface area contributed by atoms with Crippen LogP contribution in [0.5, 0.6) is 0 Å². The Hall–Kier alpha value is -1.03. The molecule has 4 nitrogen and oxygen atoms in total. The van der Waals surface area contributed by atoms with Gasteiger partial charge in [0.25, 0.3) is 0 Å². The highest BCUT2D eigenvalue weighted by Crippen LogP contribution is 2.33. The first-order chi connectivity index (χ1) is 9.67. The first-order valence-electron chi connectivity index (χ1n) is 8.26. The monoisotopic (exact) mass is 276 g/mol. The van der Waals surface area contributed by atoms with Crippen molar-refractivity contribution in [2.75, 3.05) is 18.0 Å². The number of piperazine rings is 1. The molecule has 2 heterocycles. The predicted molar refractivity (Wildman–Crippen MR) is 83.4 cm³/mol. The molecule has 20 heavy (non-hydrogen) atoms. The summed E-state index contributed by atoms with van der Waals surface area (Å²) < 4.78 is 2.48. The zero-order valence-electron chi connectivity index (χ0n) is 13.1. The van der Waals surface area contributed by atoms with Gasteiger partial charge in [0.15, 0.2) is 0 Å². The Morgan fingerprint density at radius 3 is 2.45 bits per heavy atom. The van der Waals surface area contributed by atoms with Gasteiger partial charge < -0.3 is 14.8 Å². The van der Waals surface area contributed by atoms with Gasteiger partial charge in [0.2, 0.25) is 5.95 Å². The highest BCUT2D eigenvalue weighted by atomic mass is 15.3. The Kier molecular flexibility index (Phi) is 4.01. The fourth-order valence-electron chi connectivity index (χ4n) is 3.78. The number of aryl methyl sites for hydroxylation is 1. The topological polar surface area (TPSA) is 33.1 Å². The molecule has 1 aliphatic heterocycles. The van der Waals surface area contributed by atoms with Crippen molar-refractivity contribution in [3.8, 4) is 0 Å². The summed E-state index contributed by atoms with van der Waals surface area (Å²) in [4.78, 5) is 7.42. The van der Waals surface area contributed by atoms with Crippen molar-refractivity contribution in [3.05, 3.63) is 11.9 Å². The molecule has 1 saturated heterocycles. The largest absolute Gasteiger partial charge is 0.339 e. The van der Waals surface area contributed by atoms with E-state index in [0.717, 1.165) is 19.5 Å². The molecule has 2 atom stereocenters.